The van der Waals surface area contributed by atoms with Crippen LogP contribution in [0.3, 0.4) is 0 Å². The molecule has 0 radical (unpaired) electrons. The number of hydrogen-bond acceptors (Lipinski definition) is 4. The molecule has 0 spiro atoms. The first-order valence-corrected chi connectivity index (χ1v) is 4.19. The van der Waals surface area contributed by atoms with Crippen molar-refractivity contribution in [1.82, 2.24) is 10.2 Å². The first-order valence-electron chi connectivity index (χ1n) is 4.19. The SMILES string of the molecule is C=CN(C)C(/N=C\C)=C(\N)C(=N)NC. The number of nitrogens with zero attached hydrogens (tertiary/aromatic N) is 2. The molecule has 0 unspecified atom stereocenters. The highest BCUT2D eigenvalue weighted by atomic mass is 15.2. The summed E-state index contributed by atoms with van der Waals surface area (Å²) in [5.74, 6) is 0.640. The van der Waals surface area contributed by atoms with Crippen molar-refractivity contribution in [1.29, 1.82) is 5.41 Å². The Morgan fingerprint density at radius 3 is 2.57 bits per heavy atom. The van der Waals surface area contributed by atoms with E-state index in [1.54, 1.807) is 38.3 Å². The van der Waals surface area contributed by atoms with Gasteiger partial charge >= 0.3 is 0 Å². The summed E-state index contributed by atoms with van der Waals surface area (Å²) in [6.45, 7) is 5.39. The summed E-state index contributed by atoms with van der Waals surface area (Å²) < 4.78 is 0. The number of hydrogen-bond donors (Lipinski definition) is 3. The number of nitrogens with one attached hydrogen (secondary N) is 2. The van der Waals surface area contributed by atoms with Crippen molar-refractivity contribution in [2.24, 2.45) is 10.7 Å². The van der Waals surface area contributed by atoms with Crippen LogP contribution in [0.2, 0.25) is 0 Å². The van der Waals surface area contributed by atoms with Gasteiger partial charge in [0.25, 0.3) is 0 Å². The minimum Gasteiger partial charge on any atom is -0.393 e. The minimum atomic E-state index is 0.138. The highest BCUT2D eigenvalue weighted by Crippen LogP contribution is 2.06. The van der Waals surface area contributed by atoms with Gasteiger partial charge in [-0.2, -0.15) is 0 Å². The highest BCUT2D eigenvalue weighted by molar-refractivity contribution is 5.95. The van der Waals surface area contributed by atoms with Crippen molar-refractivity contribution in [3.63, 3.8) is 0 Å². The molecule has 0 saturated carbocycles. The van der Waals surface area contributed by atoms with Gasteiger partial charge in [0.1, 0.15) is 11.5 Å². The second-order valence-corrected chi connectivity index (χ2v) is 2.54. The average Bonchev–Trinajstić information content (AvgIpc) is 2.22. The van der Waals surface area contributed by atoms with Gasteiger partial charge in [0.15, 0.2) is 5.82 Å². The van der Waals surface area contributed by atoms with Crippen LogP contribution >= 0.6 is 0 Å². The number of aliphatic imine (C=N–C) groups is 1. The zero-order valence-electron chi connectivity index (χ0n) is 8.83. The van der Waals surface area contributed by atoms with Crippen molar-refractivity contribution >= 4 is 12.1 Å². The molecule has 78 valence electrons. The van der Waals surface area contributed by atoms with E-state index in [1.807, 2.05) is 0 Å². The molecule has 0 fully saturated rings. The van der Waals surface area contributed by atoms with Crippen LogP contribution in [-0.4, -0.2) is 31.0 Å². The molecule has 5 heteroatoms. The molecule has 0 bridgehead atoms. The summed E-state index contributed by atoms with van der Waals surface area (Å²) in [4.78, 5) is 5.72. The predicted molar refractivity (Wildman–Crippen MR) is 60.1 cm³/mol. The number of nitrogens with two attached hydrogens (primary N) is 1. The van der Waals surface area contributed by atoms with Crippen LogP contribution in [0.5, 0.6) is 0 Å². The molecule has 0 rings (SSSR count). The van der Waals surface area contributed by atoms with Crippen LogP contribution in [0.15, 0.2) is 29.3 Å². The topological polar surface area (TPSA) is 77.5 Å². The van der Waals surface area contributed by atoms with Gasteiger partial charge in [-0.15, -0.1) is 0 Å². The summed E-state index contributed by atoms with van der Waals surface area (Å²) in [6, 6.07) is 0. The first-order chi connectivity index (χ1) is 6.58. The standard InChI is InChI=1S/C9H17N5/c1-5-13-9(14(4)6-2)7(10)8(11)12-3/h5-6H,2,10H2,1,3-4H3,(H2,11,12)/b9-7-,13-5-. The molecular formula is C9H17N5. The van der Waals surface area contributed by atoms with Gasteiger partial charge < -0.3 is 16.0 Å². The molecule has 14 heavy (non-hydrogen) atoms. The number of rotatable bonds is 4. The van der Waals surface area contributed by atoms with E-state index in [0.717, 1.165) is 0 Å². The maximum absolute atomic E-state index is 7.49. The molecule has 0 aromatic rings. The van der Waals surface area contributed by atoms with Crippen molar-refractivity contribution in [2.75, 3.05) is 14.1 Å². The van der Waals surface area contributed by atoms with Gasteiger partial charge in [0, 0.05) is 20.3 Å². The highest BCUT2D eigenvalue weighted by Gasteiger charge is 2.08. The lowest BCUT2D eigenvalue weighted by molar-refractivity contribution is 0.558. The fourth-order valence-corrected chi connectivity index (χ4v) is 0.806. The van der Waals surface area contributed by atoms with Crippen molar-refractivity contribution < 1.29 is 0 Å². The Labute approximate surface area is 84.5 Å². The maximum Gasteiger partial charge on any atom is 0.158 e. The fourth-order valence-electron chi connectivity index (χ4n) is 0.806. The average molecular weight is 195 g/mol. The molecule has 0 aliphatic rings. The van der Waals surface area contributed by atoms with Crippen molar-refractivity contribution in [3.8, 4) is 0 Å². The van der Waals surface area contributed by atoms with Crippen LogP contribution in [0.25, 0.3) is 0 Å². The molecule has 0 aliphatic carbocycles. The summed E-state index contributed by atoms with van der Waals surface area (Å²) in [6.07, 6.45) is 3.20. The van der Waals surface area contributed by atoms with Crippen LogP contribution in [0, 0.1) is 5.41 Å². The van der Waals surface area contributed by atoms with Crippen LogP contribution in [0.4, 0.5) is 0 Å². The second kappa shape index (κ2) is 5.80. The molecule has 0 atom stereocenters. The van der Waals surface area contributed by atoms with Gasteiger partial charge in [-0.25, -0.2) is 4.99 Å². The van der Waals surface area contributed by atoms with Crippen molar-refractivity contribution in [3.05, 3.63) is 24.3 Å². The van der Waals surface area contributed by atoms with E-state index >= 15 is 0 Å². The zero-order valence-corrected chi connectivity index (χ0v) is 8.83. The molecule has 0 amide bonds. The lowest BCUT2D eigenvalue weighted by atomic mass is 10.4. The Morgan fingerprint density at radius 1 is 1.64 bits per heavy atom. The molecule has 0 aromatic heterocycles. The summed E-state index contributed by atoms with van der Waals surface area (Å²) in [5.41, 5.74) is 6.01. The van der Waals surface area contributed by atoms with Crippen molar-refractivity contribution in [2.45, 2.75) is 6.92 Å². The van der Waals surface area contributed by atoms with Crippen LogP contribution in [-0.2, 0) is 0 Å². The number of likely N-dealkylation sites (N-methyl/N-ethyl adjacent to an activating group) is 1. The molecular weight excluding hydrogens is 178 g/mol. The van der Waals surface area contributed by atoms with Gasteiger partial charge in [0.2, 0.25) is 0 Å². The van der Waals surface area contributed by atoms with Gasteiger partial charge in [-0.1, -0.05) is 6.58 Å². The largest absolute Gasteiger partial charge is 0.393 e. The predicted octanol–water partition coefficient (Wildman–Crippen LogP) is 0.477. The molecule has 0 aliphatic heterocycles. The molecule has 5 nitrogen and oxygen atoms in total. The van der Waals surface area contributed by atoms with E-state index in [-0.39, 0.29) is 11.5 Å². The summed E-state index contributed by atoms with van der Waals surface area (Å²) in [5, 5.41) is 10.1. The maximum atomic E-state index is 7.49. The molecule has 0 heterocycles. The van der Waals surface area contributed by atoms with Gasteiger partial charge in [-0.3, -0.25) is 5.41 Å². The van der Waals surface area contributed by atoms with E-state index in [1.165, 1.54) is 0 Å². The minimum absolute atomic E-state index is 0.138. The Kier molecular flexibility index (Phi) is 5.06. The molecule has 4 N–H and O–H groups in total. The first kappa shape index (κ1) is 12.2. The van der Waals surface area contributed by atoms with Gasteiger partial charge in [0.05, 0.1) is 0 Å². The van der Waals surface area contributed by atoms with E-state index in [4.69, 9.17) is 11.1 Å². The van der Waals surface area contributed by atoms with E-state index in [9.17, 15) is 0 Å². The van der Waals surface area contributed by atoms with E-state index in [2.05, 4.69) is 16.9 Å². The quantitative estimate of drug-likeness (QED) is 0.451. The molecule has 0 saturated heterocycles. The van der Waals surface area contributed by atoms with Crippen LogP contribution < -0.4 is 11.1 Å². The Hall–Kier alpha value is -1.78. The fraction of sp³-hybridized carbons (Fsp3) is 0.333. The Morgan fingerprint density at radius 2 is 2.21 bits per heavy atom. The second-order valence-electron chi connectivity index (χ2n) is 2.54. The van der Waals surface area contributed by atoms with Crippen LogP contribution in [0.1, 0.15) is 6.92 Å². The number of amidine groups is 1. The Balaban J connectivity index is 5.13. The third-order valence-electron chi connectivity index (χ3n) is 1.62. The van der Waals surface area contributed by atoms with E-state index < -0.39 is 0 Å². The van der Waals surface area contributed by atoms with E-state index in [0.29, 0.717) is 5.82 Å². The zero-order chi connectivity index (χ0) is 11.1. The lowest BCUT2D eigenvalue weighted by Gasteiger charge is -2.16. The molecule has 0 aromatic carbocycles. The third-order valence-corrected chi connectivity index (χ3v) is 1.62. The summed E-state index contributed by atoms with van der Waals surface area (Å²) >= 11 is 0. The summed E-state index contributed by atoms with van der Waals surface area (Å²) in [7, 11) is 3.40. The monoisotopic (exact) mass is 195 g/mol. The lowest BCUT2D eigenvalue weighted by Crippen LogP contribution is -2.28. The Bertz CT molecular complexity index is 277. The third kappa shape index (κ3) is 2.93. The smallest absolute Gasteiger partial charge is 0.158 e. The normalized spacial score (nSPS) is 12.2. The van der Waals surface area contributed by atoms with Gasteiger partial charge in [-0.05, 0) is 13.1 Å².